The van der Waals surface area contributed by atoms with Crippen molar-refractivity contribution in [3.8, 4) is 0 Å². The van der Waals surface area contributed by atoms with E-state index in [2.05, 4.69) is 10.3 Å². The van der Waals surface area contributed by atoms with Gasteiger partial charge < -0.3 is 9.88 Å². The molecule has 20 heavy (non-hydrogen) atoms. The molecule has 0 aliphatic carbocycles. The molecule has 6 nitrogen and oxygen atoms in total. The average Bonchev–Trinajstić information content (AvgIpc) is 3.06. The van der Waals surface area contributed by atoms with Crippen molar-refractivity contribution in [3.05, 3.63) is 12.0 Å². The first kappa shape index (κ1) is 15.8. The molecular formula is C12H21ClN4O2S. The number of aryl methyl sites for hydroxylation is 2. The van der Waals surface area contributed by atoms with E-state index in [1.54, 1.807) is 13.2 Å². The number of hydrogen-bond donors (Lipinski definition) is 1. The van der Waals surface area contributed by atoms with Crippen LogP contribution in [-0.4, -0.2) is 48.5 Å². The SMILES string of the molecule is CN(C1CCNC1)S(=O)(=O)c1cn2c(n1)CCCC2.Cl. The van der Waals surface area contributed by atoms with E-state index in [0.717, 1.165) is 51.1 Å². The summed E-state index contributed by atoms with van der Waals surface area (Å²) >= 11 is 0. The van der Waals surface area contributed by atoms with Gasteiger partial charge >= 0.3 is 0 Å². The molecule has 0 saturated carbocycles. The maximum atomic E-state index is 12.6. The van der Waals surface area contributed by atoms with Crippen molar-refractivity contribution in [1.82, 2.24) is 19.2 Å². The molecule has 0 spiro atoms. The maximum Gasteiger partial charge on any atom is 0.262 e. The van der Waals surface area contributed by atoms with E-state index in [9.17, 15) is 8.42 Å². The van der Waals surface area contributed by atoms with Crippen molar-refractivity contribution in [2.75, 3.05) is 20.1 Å². The first-order chi connectivity index (χ1) is 9.09. The normalized spacial score (nSPS) is 22.6. The number of fused-ring (bicyclic) bond motifs is 1. The Hall–Kier alpha value is -0.630. The highest BCUT2D eigenvalue weighted by Gasteiger charge is 2.32. The molecule has 1 atom stereocenters. The smallest absolute Gasteiger partial charge is 0.262 e. The fraction of sp³-hybridized carbons (Fsp3) is 0.750. The fourth-order valence-corrected chi connectivity index (χ4v) is 4.15. The van der Waals surface area contributed by atoms with E-state index in [1.807, 2.05) is 4.57 Å². The summed E-state index contributed by atoms with van der Waals surface area (Å²) in [6.45, 7) is 2.49. The topological polar surface area (TPSA) is 67.2 Å². The highest BCUT2D eigenvalue weighted by Crippen LogP contribution is 2.21. The molecule has 0 aromatic carbocycles. The van der Waals surface area contributed by atoms with Crippen LogP contribution in [-0.2, 0) is 23.0 Å². The summed E-state index contributed by atoms with van der Waals surface area (Å²) in [5.74, 6) is 0.905. The minimum absolute atomic E-state index is 0. The van der Waals surface area contributed by atoms with E-state index in [1.165, 1.54) is 4.31 Å². The number of hydrogen-bond acceptors (Lipinski definition) is 4. The second kappa shape index (κ2) is 6.01. The van der Waals surface area contributed by atoms with Crippen LogP contribution in [0.4, 0.5) is 0 Å². The van der Waals surface area contributed by atoms with Crippen LogP contribution in [0.25, 0.3) is 0 Å². The Labute approximate surface area is 126 Å². The predicted octanol–water partition coefficient (Wildman–Crippen LogP) is 0.624. The number of nitrogens with one attached hydrogen (secondary N) is 1. The van der Waals surface area contributed by atoms with Crippen LogP contribution in [0, 0.1) is 0 Å². The number of sulfonamides is 1. The molecule has 0 amide bonds. The lowest BCUT2D eigenvalue weighted by atomic mass is 10.2. The molecule has 0 bridgehead atoms. The van der Waals surface area contributed by atoms with Gasteiger partial charge in [0.15, 0.2) is 5.03 Å². The first-order valence-electron chi connectivity index (χ1n) is 6.84. The Morgan fingerprint density at radius 1 is 1.45 bits per heavy atom. The zero-order chi connectivity index (χ0) is 13.5. The summed E-state index contributed by atoms with van der Waals surface area (Å²) in [4.78, 5) is 4.33. The van der Waals surface area contributed by atoms with Gasteiger partial charge in [0.1, 0.15) is 5.82 Å². The third-order valence-corrected chi connectivity index (χ3v) is 5.86. The predicted molar refractivity (Wildman–Crippen MR) is 78.6 cm³/mol. The van der Waals surface area contributed by atoms with E-state index >= 15 is 0 Å². The summed E-state index contributed by atoms with van der Waals surface area (Å²) in [5.41, 5.74) is 0. The Bertz CT molecular complexity index is 543. The lowest BCUT2D eigenvalue weighted by molar-refractivity contribution is 0.386. The molecule has 114 valence electrons. The van der Waals surface area contributed by atoms with Crippen LogP contribution in [0.3, 0.4) is 0 Å². The van der Waals surface area contributed by atoms with Crippen LogP contribution < -0.4 is 5.32 Å². The molecule has 2 aliphatic heterocycles. The summed E-state index contributed by atoms with van der Waals surface area (Å²) in [6.07, 6.45) is 5.64. The van der Waals surface area contributed by atoms with Gasteiger partial charge in [0.05, 0.1) is 0 Å². The van der Waals surface area contributed by atoms with Crippen molar-refractivity contribution < 1.29 is 8.42 Å². The van der Waals surface area contributed by atoms with Gasteiger partial charge in [0.2, 0.25) is 0 Å². The fourth-order valence-electron chi connectivity index (χ4n) is 2.80. The van der Waals surface area contributed by atoms with Crippen LogP contribution in [0.5, 0.6) is 0 Å². The number of aromatic nitrogens is 2. The first-order valence-corrected chi connectivity index (χ1v) is 8.28. The largest absolute Gasteiger partial charge is 0.333 e. The van der Waals surface area contributed by atoms with Crippen LogP contribution >= 0.6 is 12.4 Å². The summed E-state index contributed by atoms with van der Waals surface area (Å²) < 4.78 is 28.6. The summed E-state index contributed by atoms with van der Waals surface area (Å²) in [6, 6.07) is 0.0451. The highest BCUT2D eigenvalue weighted by molar-refractivity contribution is 7.89. The standard InChI is InChI=1S/C12H20N4O2S.ClH/c1-15(10-5-6-13-8-10)19(17,18)12-9-16-7-3-2-4-11(16)14-12;/h9-10,13H,2-8H2,1H3;1H. The highest BCUT2D eigenvalue weighted by atomic mass is 35.5. The van der Waals surface area contributed by atoms with E-state index in [-0.39, 0.29) is 23.5 Å². The Kier molecular flexibility index (Phi) is 4.73. The van der Waals surface area contributed by atoms with Gasteiger partial charge in [-0.1, -0.05) is 0 Å². The van der Waals surface area contributed by atoms with Gasteiger partial charge in [0.25, 0.3) is 10.0 Å². The number of halogens is 1. The van der Waals surface area contributed by atoms with E-state index in [4.69, 9.17) is 0 Å². The molecule has 1 aromatic rings. The number of rotatable bonds is 3. The van der Waals surface area contributed by atoms with Crippen LogP contribution in [0.15, 0.2) is 11.2 Å². The van der Waals surface area contributed by atoms with Crippen molar-refractivity contribution in [2.24, 2.45) is 0 Å². The van der Waals surface area contributed by atoms with Gasteiger partial charge in [-0.15, -0.1) is 12.4 Å². The quantitative estimate of drug-likeness (QED) is 0.887. The van der Waals surface area contributed by atoms with Gasteiger partial charge in [-0.2, -0.15) is 4.31 Å². The maximum absolute atomic E-state index is 12.6. The third kappa shape index (κ3) is 2.72. The summed E-state index contributed by atoms with van der Waals surface area (Å²) in [7, 11) is -1.80. The molecule has 1 unspecified atom stereocenters. The Morgan fingerprint density at radius 2 is 2.25 bits per heavy atom. The molecule has 1 aromatic heterocycles. The lowest BCUT2D eigenvalue weighted by Gasteiger charge is -2.21. The molecule has 1 fully saturated rings. The second-order valence-corrected chi connectivity index (χ2v) is 7.26. The van der Waals surface area contributed by atoms with Crippen molar-refractivity contribution in [1.29, 1.82) is 0 Å². The minimum atomic E-state index is -3.46. The Morgan fingerprint density at radius 3 is 2.90 bits per heavy atom. The zero-order valence-electron chi connectivity index (χ0n) is 11.6. The van der Waals surface area contributed by atoms with Crippen molar-refractivity contribution >= 4 is 22.4 Å². The van der Waals surface area contributed by atoms with E-state index < -0.39 is 10.0 Å². The van der Waals surface area contributed by atoms with Crippen molar-refractivity contribution in [3.63, 3.8) is 0 Å². The van der Waals surface area contributed by atoms with Crippen molar-refractivity contribution in [2.45, 2.75) is 43.3 Å². The van der Waals surface area contributed by atoms with Gasteiger partial charge in [-0.3, -0.25) is 0 Å². The van der Waals surface area contributed by atoms with E-state index in [0.29, 0.717) is 0 Å². The molecule has 3 rings (SSSR count). The van der Waals surface area contributed by atoms with Gasteiger partial charge in [-0.25, -0.2) is 13.4 Å². The molecular weight excluding hydrogens is 300 g/mol. The zero-order valence-corrected chi connectivity index (χ0v) is 13.2. The molecule has 2 aliphatic rings. The minimum Gasteiger partial charge on any atom is -0.333 e. The number of imidazole rings is 1. The molecule has 1 saturated heterocycles. The van der Waals surface area contributed by atoms with Crippen LogP contribution in [0.2, 0.25) is 0 Å². The monoisotopic (exact) mass is 320 g/mol. The number of likely N-dealkylation sites (N-methyl/N-ethyl adjacent to an activating group) is 1. The molecule has 0 radical (unpaired) electrons. The third-order valence-electron chi connectivity index (χ3n) is 4.08. The number of nitrogens with zero attached hydrogens (tertiary/aromatic N) is 3. The summed E-state index contributed by atoms with van der Waals surface area (Å²) in [5, 5.41) is 3.40. The van der Waals surface area contributed by atoms with Gasteiger partial charge in [-0.05, 0) is 25.8 Å². The van der Waals surface area contributed by atoms with Gasteiger partial charge in [0, 0.05) is 38.8 Å². The molecule has 1 N–H and O–H groups in total. The molecule has 3 heterocycles. The van der Waals surface area contributed by atoms with Crippen LogP contribution in [0.1, 0.15) is 25.1 Å². The lowest BCUT2D eigenvalue weighted by Crippen LogP contribution is -2.38. The molecule has 8 heteroatoms. The average molecular weight is 321 g/mol. The Balaban J connectivity index is 0.00000147. The second-order valence-electron chi connectivity index (χ2n) is 5.31.